The molecule has 0 aromatic carbocycles. The van der Waals surface area contributed by atoms with Crippen molar-refractivity contribution in [3.63, 3.8) is 0 Å². The fraction of sp³-hybridized carbons (Fsp3) is 0.538. The molecule has 0 radical (unpaired) electrons. The highest BCUT2D eigenvalue weighted by Crippen LogP contribution is 2.21. The third-order valence-corrected chi connectivity index (χ3v) is 3.44. The van der Waals surface area contributed by atoms with Crippen molar-refractivity contribution < 1.29 is 9.94 Å². The number of hydrogen-bond donors (Lipinski definition) is 2. The zero-order valence-corrected chi connectivity index (χ0v) is 11.3. The van der Waals surface area contributed by atoms with Gasteiger partial charge in [-0.25, -0.2) is 4.98 Å². The summed E-state index contributed by atoms with van der Waals surface area (Å²) in [5.41, 5.74) is 7.19. The number of methoxy groups -OCH3 is 1. The summed E-state index contributed by atoms with van der Waals surface area (Å²) in [7, 11) is 1.75. The number of pyridine rings is 1. The number of oxime groups is 1. The number of aryl methyl sites for hydroxylation is 1. The highest BCUT2D eigenvalue weighted by Gasteiger charge is 2.20. The Labute approximate surface area is 112 Å². The molecule has 1 saturated heterocycles. The Morgan fingerprint density at radius 3 is 2.74 bits per heavy atom. The summed E-state index contributed by atoms with van der Waals surface area (Å²) in [5.74, 6) is 0.981. The SMILES string of the molecule is COC1CCN(c2cc(/C(N)=N/O)cc(C)n2)CC1. The van der Waals surface area contributed by atoms with E-state index in [1.807, 2.05) is 13.0 Å². The number of anilines is 1. The first-order valence-electron chi connectivity index (χ1n) is 6.38. The van der Waals surface area contributed by atoms with Crippen LogP contribution in [-0.2, 0) is 4.74 Å². The van der Waals surface area contributed by atoms with Gasteiger partial charge in [0.05, 0.1) is 6.10 Å². The maximum atomic E-state index is 8.76. The molecule has 1 fully saturated rings. The van der Waals surface area contributed by atoms with E-state index < -0.39 is 0 Å². The first-order chi connectivity index (χ1) is 9.13. The first kappa shape index (κ1) is 13.6. The van der Waals surface area contributed by atoms with Gasteiger partial charge in [-0.05, 0) is 31.9 Å². The molecule has 1 aliphatic rings. The van der Waals surface area contributed by atoms with Crippen LogP contribution in [0.5, 0.6) is 0 Å². The van der Waals surface area contributed by atoms with Crippen LogP contribution in [0.1, 0.15) is 24.1 Å². The lowest BCUT2D eigenvalue weighted by atomic mass is 10.1. The summed E-state index contributed by atoms with van der Waals surface area (Å²) >= 11 is 0. The fourth-order valence-corrected chi connectivity index (χ4v) is 2.34. The molecule has 1 aliphatic heterocycles. The Hall–Kier alpha value is -1.82. The van der Waals surface area contributed by atoms with Gasteiger partial charge in [0, 0.05) is 31.5 Å². The fourth-order valence-electron chi connectivity index (χ4n) is 2.34. The van der Waals surface area contributed by atoms with Gasteiger partial charge in [-0.15, -0.1) is 0 Å². The van der Waals surface area contributed by atoms with E-state index in [1.165, 1.54) is 0 Å². The van der Waals surface area contributed by atoms with Gasteiger partial charge in [0.25, 0.3) is 0 Å². The molecular weight excluding hydrogens is 244 g/mol. The van der Waals surface area contributed by atoms with Crippen molar-refractivity contribution in [2.75, 3.05) is 25.1 Å². The summed E-state index contributed by atoms with van der Waals surface area (Å²) in [6.45, 7) is 3.72. The van der Waals surface area contributed by atoms with Crippen LogP contribution in [0.15, 0.2) is 17.3 Å². The summed E-state index contributed by atoms with van der Waals surface area (Å²) in [5, 5.41) is 11.8. The quantitative estimate of drug-likeness (QED) is 0.369. The number of piperidine rings is 1. The van der Waals surface area contributed by atoms with Gasteiger partial charge in [0.15, 0.2) is 5.84 Å². The second-order valence-electron chi connectivity index (χ2n) is 4.76. The molecule has 0 unspecified atom stereocenters. The standard InChI is InChI=1S/C13H20N4O2/c1-9-7-10(13(14)16-18)8-12(15-9)17-5-3-11(19-2)4-6-17/h7-8,11,18H,3-6H2,1-2H3,(H2,14,16). The minimum absolute atomic E-state index is 0.110. The number of amidine groups is 1. The molecule has 0 spiro atoms. The molecule has 6 heteroatoms. The van der Waals surface area contributed by atoms with Gasteiger partial charge < -0.3 is 20.6 Å². The number of rotatable bonds is 3. The predicted octanol–water partition coefficient (Wildman–Crippen LogP) is 1.10. The minimum Gasteiger partial charge on any atom is -0.409 e. The average molecular weight is 264 g/mol. The van der Waals surface area contributed by atoms with Gasteiger partial charge in [-0.1, -0.05) is 5.16 Å². The molecule has 2 heterocycles. The van der Waals surface area contributed by atoms with Crippen LogP contribution in [0.4, 0.5) is 5.82 Å². The predicted molar refractivity (Wildman–Crippen MR) is 73.7 cm³/mol. The molecule has 2 rings (SSSR count). The highest BCUT2D eigenvalue weighted by molar-refractivity contribution is 5.97. The van der Waals surface area contributed by atoms with Gasteiger partial charge in [0.2, 0.25) is 0 Å². The van der Waals surface area contributed by atoms with Crippen LogP contribution in [0.25, 0.3) is 0 Å². The monoisotopic (exact) mass is 264 g/mol. The molecular formula is C13H20N4O2. The van der Waals surface area contributed by atoms with Crippen LogP contribution in [-0.4, -0.2) is 42.3 Å². The molecule has 104 valence electrons. The first-order valence-corrected chi connectivity index (χ1v) is 6.38. The summed E-state index contributed by atoms with van der Waals surface area (Å²) in [4.78, 5) is 6.72. The second kappa shape index (κ2) is 5.88. The lowest BCUT2D eigenvalue weighted by Crippen LogP contribution is -2.37. The lowest BCUT2D eigenvalue weighted by Gasteiger charge is -2.32. The van der Waals surface area contributed by atoms with Gasteiger partial charge in [-0.3, -0.25) is 0 Å². The summed E-state index contributed by atoms with van der Waals surface area (Å²) in [6.07, 6.45) is 2.32. The van der Waals surface area contributed by atoms with Crippen LogP contribution in [0, 0.1) is 6.92 Å². The van der Waals surface area contributed by atoms with Gasteiger partial charge >= 0.3 is 0 Å². The Kier molecular flexibility index (Phi) is 4.21. The number of nitrogens with two attached hydrogens (primary N) is 1. The van der Waals surface area contributed by atoms with Gasteiger partial charge in [-0.2, -0.15) is 0 Å². The molecule has 0 amide bonds. The molecule has 1 aromatic heterocycles. The Morgan fingerprint density at radius 2 is 2.16 bits per heavy atom. The van der Waals surface area contributed by atoms with Crippen LogP contribution in [0.2, 0.25) is 0 Å². The number of hydrogen-bond acceptors (Lipinski definition) is 5. The molecule has 0 saturated carbocycles. The molecule has 1 aromatic rings. The van der Waals surface area contributed by atoms with Crippen molar-refractivity contribution in [3.8, 4) is 0 Å². The topological polar surface area (TPSA) is 84.0 Å². The second-order valence-corrected chi connectivity index (χ2v) is 4.76. The van der Waals surface area contributed by atoms with E-state index in [9.17, 15) is 0 Å². The van der Waals surface area contributed by atoms with Crippen molar-refractivity contribution in [2.24, 2.45) is 10.9 Å². The lowest BCUT2D eigenvalue weighted by molar-refractivity contribution is 0.0818. The van der Waals surface area contributed by atoms with Crippen LogP contribution >= 0.6 is 0 Å². The third-order valence-electron chi connectivity index (χ3n) is 3.44. The van der Waals surface area contributed by atoms with Gasteiger partial charge in [0.1, 0.15) is 5.82 Å². The summed E-state index contributed by atoms with van der Waals surface area (Å²) in [6, 6.07) is 3.66. The van der Waals surface area contributed by atoms with E-state index >= 15 is 0 Å². The maximum absolute atomic E-state index is 8.76. The Balaban J connectivity index is 2.19. The molecule has 0 aliphatic carbocycles. The molecule has 19 heavy (non-hydrogen) atoms. The highest BCUT2D eigenvalue weighted by atomic mass is 16.5. The normalized spacial score (nSPS) is 17.8. The van der Waals surface area contributed by atoms with E-state index in [0.717, 1.165) is 37.4 Å². The number of nitrogens with zero attached hydrogens (tertiary/aromatic N) is 3. The largest absolute Gasteiger partial charge is 0.409 e. The van der Waals surface area contributed by atoms with E-state index in [1.54, 1.807) is 13.2 Å². The smallest absolute Gasteiger partial charge is 0.170 e. The van der Waals surface area contributed by atoms with E-state index in [2.05, 4.69) is 15.0 Å². The molecule has 0 bridgehead atoms. The third kappa shape index (κ3) is 3.14. The van der Waals surface area contributed by atoms with E-state index in [4.69, 9.17) is 15.7 Å². The summed E-state index contributed by atoms with van der Waals surface area (Å²) < 4.78 is 5.36. The maximum Gasteiger partial charge on any atom is 0.170 e. The number of aromatic nitrogens is 1. The molecule has 6 nitrogen and oxygen atoms in total. The van der Waals surface area contributed by atoms with Crippen molar-refractivity contribution in [2.45, 2.75) is 25.9 Å². The zero-order valence-electron chi connectivity index (χ0n) is 11.3. The molecule has 3 N–H and O–H groups in total. The van der Waals surface area contributed by atoms with Crippen molar-refractivity contribution in [1.82, 2.24) is 4.98 Å². The Morgan fingerprint density at radius 1 is 1.47 bits per heavy atom. The van der Waals surface area contributed by atoms with Crippen molar-refractivity contribution in [3.05, 3.63) is 23.4 Å². The van der Waals surface area contributed by atoms with E-state index in [-0.39, 0.29) is 5.84 Å². The Bertz CT molecular complexity index is 468. The molecule has 0 atom stereocenters. The zero-order chi connectivity index (χ0) is 13.8. The van der Waals surface area contributed by atoms with Crippen LogP contribution < -0.4 is 10.6 Å². The van der Waals surface area contributed by atoms with Crippen molar-refractivity contribution in [1.29, 1.82) is 0 Å². The van der Waals surface area contributed by atoms with Crippen LogP contribution in [0.3, 0.4) is 0 Å². The number of ether oxygens (including phenoxy) is 1. The average Bonchev–Trinajstić information content (AvgIpc) is 2.45. The van der Waals surface area contributed by atoms with Crippen molar-refractivity contribution >= 4 is 11.7 Å². The minimum atomic E-state index is 0.110. The van der Waals surface area contributed by atoms with E-state index in [0.29, 0.717) is 11.7 Å².